The van der Waals surface area contributed by atoms with Crippen LogP contribution < -0.4 is 5.73 Å². The summed E-state index contributed by atoms with van der Waals surface area (Å²) in [6.07, 6.45) is 2.14. The van der Waals surface area contributed by atoms with Crippen LogP contribution >= 0.6 is 0 Å². The van der Waals surface area contributed by atoms with Crippen molar-refractivity contribution in [2.24, 2.45) is 11.7 Å². The molecule has 4 atom stereocenters. The average molecular weight is 214 g/mol. The third-order valence-electron chi connectivity index (χ3n) is 3.52. The second-order valence-corrected chi connectivity index (χ2v) is 5.75. The van der Waals surface area contributed by atoms with Gasteiger partial charge in [-0.1, -0.05) is 6.92 Å². The van der Waals surface area contributed by atoms with Crippen molar-refractivity contribution < 1.29 is 5.11 Å². The lowest BCUT2D eigenvalue weighted by Gasteiger charge is -2.34. The molecule has 15 heavy (non-hydrogen) atoms. The predicted octanol–water partition coefficient (Wildman–Crippen LogP) is 1.20. The molecular formula is C12H26N2O. The van der Waals surface area contributed by atoms with E-state index in [2.05, 4.69) is 25.7 Å². The first-order chi connectivity index (χ1) is 6.85. The van der Waals surface area contributed by atoms with Crippen LogP contribution in [0, 0.1) is 5.92 Å². The maximum Gasteiger partial charge on any atom is 0.0609 e. The van der Waals surface area contributed by atoms with E-state index in [1.165, 1.54) is 13.0 Å². The Morgan fingerprint density at radius 3 is 2.53 bits per heavy atom. The van der Waals surface area contributed by atoms with Gasteiger partial charge in [-0.25, -0.2) is 0 Å². The summed E-state index contributed by atoms with van der Waals surface area (Å²) in [6, 6.07) is 1.12. The third-order valence-corrected chi connectivity index (χ3v) is 3.52. The maximum absolute atomic E-state index is 9.16. The van der Waals surface area contributed by atoms with Crippen molar-refractivity contribution in [1.29, 1.82) is 0 Å². The Morgan fingerprint density at radius 2 is 2.13 bits per heavy atom. The highest BCUT2D eigenvalue weighted by Gasteiger charge is 2.32. The molecule has 0 aromatic carbocycles. The van der Waals surface area contributed by atoms with E-state index in [1.54, 1.807) is 0 Å². The molecule has 0 aromatic heterocycles. The lowest BCUT2D eigenvalue weighted by molar-refractivity contribution is 0.131. The van der Waals surface area contributed by atoms with Crippen LogP contribution in [0.1, 0.15) is 40.5 Å². The van der Waals surface area contributed by atoms with Gasteiger partial charge in [0.25, 0.3) is 0 Å². The van der Waals surface area contributed by atoms with E-state index in [0.717, 1.165) is 12.3 Å². The van der Waals surface area contributed by atoms with Gasteiger partial charge in [0.15, 0.2) is 0 Å². The van der Waals surface area contributed by atoms with Gasteiger partial charge in [0.05, 0.1) is 6.61 Å². The number of nitrogens with two attached hydrogens (primary N) is 1. The molecule has 0 radical (unpaired) electrons. The normalized spacial score (nSPS) is 34.0. The van der Waals surface area contributed by atoms with Gasteiger partial charge in [0, 0.05) is 24.2 Å². The van der Waals surface area contributed by atoms with Crippen molar-refractivity contribution >= 4 is 0 Å². The molecule has 1 fully saturated rings. The molecule has 0 aromatic rings. The largest absolute Gasteiger partial charge is 0.394 e. The topological polar surface area (TPSA) is 49.5 Å². The monoisotopic (exact) mass is 214 g/mol. The van der Waals surface area contributed by atoms with Gasteiger partial charge in [0.2, 0.25) is 0 Å². The minimum atomic E-state index is -0.440. The Labute approximate surface area is 93.6 Å². The SMILES string of the molecule is CC1CC(C)N(C(C)CC(C)(N)CO)C1. The fourth-order valence-corrected chi connectivity index (χ4v) is 2.80. The highest BCUT2D eigenvalue weighted by Crippen LogP contribution is 2.27. The van der Waals surface area contributed by atoms with Crippen molar-refractivity contribution in [3.05, 3.63) is 0 Å². The zero-order valence-electron chi connectivity index (χ0n) is 10.5. The number of rotatable bonds is 4. The van der Waals surface area contributed by atoms with E-state index in [-0.39, 0.29) is 6.61 Å². The smallest absolute Gasteiger partial charge is 0.0609 e. The molecule has 1 aliphatic rings. The lowest BCUT2D eigenvalue weighted by Crippen LogP contribution is -2.48. The van der Waals surface area contributed by atoms with E-state index in [9.17, 15) is 0 Å². The highest BCUT2D eigenvalue weighted by molar-refractivity contribution is 4.89. The molecule has 0 amide bonds. The van der Waals surface area contributed by atoms with Gasteiger partial charge < -0.3 is 10.8 Å². The second-order valence-electron chi connectivity index (χ2n) is 5.75. The molecule has 1 saturated heterocycles. The molecule has 90 valence electrons. The summed E-state index contributed by atoms with van der Waals surface area (Å²) >= 11 is 0. The number of nitrogens with zero attached hydrogens (tertiary/aromatic N) is 1. The van der Waals surface area contributed by atoms with Gasteiger partial charge in [-0.3, -0.25) is 4.90 Å². The molecule has 0 spiro atoms. The molecule has 1 rings (SSSR count). The summed E-state index contributed by atoms with van der Waals surface area (Å²) in [7, 11) is 0. The van der Waals surface area contributed by atoms with Crippen molar-refractivity contribution in [2.45, 2.75) is 58.2 Å². The summed E-state index contributed by atoms with van der Waals surface area (Å²) in [4.78, 5) is 2.52. The summed E-state index contributed by atoms with van der Waals surface area (Å²) in [5, 5.41) is 9.16. The Kier molecular flexibility index (Phi) is 4.15. The molecule has 1 aliphatic heterocycles. The number of likely N-dealkylation sites (tertiary alicyclic amines) is 1. The zero-order chi connectivity index (χ0) is 11.6. The first-order valence-electron chi connectivity index (χ1n) is 6.01. The van der Waals surface area contributed by atoms with E-state index >= 15 is 0 Å². The fourth-order valence-electron chi connectivity index (χ4n) is 2.80. The number of aliphatic hydroxyl groups excluding tert-OH is 1. The van der Waals surface area contributed by atoms with Gasteiger partial charge in [0.1, 0.15) is 0 Å². The van der Waals surface area contributed by atoms with E-state index in [0.29, 0.717) is 12.1 Å². The van der Waals surface area contributed by atoms with E-state index in [4.69, 9.17) is 10.8 Å². The van der Waals surface area contributed by atoms with Gasteiger partial charge >= 0.3 is 0 Å². The van der Waals surface area contributed by atoms with Crippen LogP contribution in [0.5, 0.6) is 0 Å². The maximum atomic E-state index is 9.16. The number of aliphatic hydroxyl groups is 1. The molecule has 4 unspecified atom stereocenters. The first kappa shape index (κ1) is 12.9. The Balaban J connectivity index is 2.50. The van der Waals surface area contributed by atoms with Crippen LogP contribution in [0.25, 0.3) is 0 Å². The molecule has 0 aliphatic carbocycles. The van der Waals surface area contributed by atoms with Gasteiger partial charge in [-0.2, -0.15) is 0 Å². The molecule has 3 heteroatoms. The Bertz CT molecular complexity index is 206. The summed E-state index contributed by atoms with van der Waals surface area (Å²) < 4.78 is 0. The molecular weight excluding hydrogens is 188 g/mol. The first-order valence-corrected chi connectivity index (χ1v) is 6.01. The molecule has 0 bridgehead atoms. The van der Waals surface area contributed by atoms with Crippen LogP contribution in [0.3, 0.4) is 0 Å². The minimum Gasteiger partial charge on any atom is -0.394 e. The zero-order valence-corrected chi connectivity index (χ0v) is 10.5. The standard InChI is InChI=1S/C12H26N2O/c1-9-5-10(2)14(7-9)11(3)6-12(4,13)8-15/h9-11,15H,5-8,13H2,1-4H3. The van der Waals surface area contributed by atoms with Crippen LogP contribution in [-0.2, 0) is 0 Å². The predicted molar refractivity (Wildman–Crippen MR) is 63.7 cm³/mol. The lowest BCUT2D eigenvalue weighted by atomic mass is 9.95. The van der Waals surface area contributed by atoms with Crippen molar-refractivity contribution in [1.82, 2.24) is 4.90 Å². The fraction of sp³-hybridized carbons (Fsp3) is 1.00. The summed E-state index contributed by atoms with van der Waals surface area (Å²) in [5.41, 5.74) is 5.55. The quantitative estimate of drug-likeness (QED) is 0.739. The minimum absolute atomic E-state index is 0.0646. The van der Waals surface area contributed by atoms with E-state index in [1.807, 2.05) is 6.92 Å². The Morgan fingerprint density at radius 1 is 1.53 bits per heavy atom. The number of hydrogen-bond donors (Lipinski definition) is 2. The average Bonchev–Trinajstić information content (AvgIpc) is 2.45. The van der Waals surface area contributed by atoms with Crippen LogP contribution in [0.4, 0.5) is 0 Å². The number of hydrogen-bond acceptors (Lipinski definition) is 3. The van der Waals surface area contributed by atoms with Crippen molar-refractivity contribution in [3.63, 3.8) is 0 Å². The molecule has 0 saturated carbocycles. The van der Waals surface area contributed by atoms with E-state index < -0.39 is 5.54 Å². The molecule has 3 nitrogen and oxygen atoms in total. The Hall–Kier alpha value is -0.120. The summed E-state index contributed by atoms with van der Waals surface area (Å²) in [6.45, 7) is 9.96. The summed E-state index contributed by atoms with van der Waals surface area (Å²) in [5.74, 6) is 0.792. The highest BCUT2D eigenvalue weighted by atomic mass is 16.3. The molecule has 3 N–H and O–H groups in total. The second kappa shape index (κ2) is 4.81. The van der Waals surface area contributed by atoms with Crippen molar-refractivity contribution in [2.75, 3.05) is 13.2 Å². The van der Waals surface area contributed by atoms with Gasteiger partial charge in [-0.05, 0) is 39.5 Å². The third kappa shape index (κ3) is 3.44. The van der Waals surface area contributed by atoms with Crippen LogP contribution in [0.2, 0.25) is 0 Å². The van der Waals surface area contributed by atoms with Crippen molar-refractivity contribution in [3.8, 4) is 0 Å². The van der Waals surface area contributed by atoms with Crippen LogP contribution in [-0.4, -0.2) is 40.8 Å². The molecule has 1 heterocycles. The van der Waals surface area contributed by atoms with Gasteiger partial charge in [-0.15, -0.1) is 0 Å². The van der Waals surface area contributed by atoms with Crippen LogP contribution in [0.15, 0.2) is 0 Å².